The lowest BCUT2D eigenvalue weighted by Crippen LogP contribution is -2.27. The Hall–Kier alpha value is -1.78. The summed E-state index contributed by atoms with van der Waals surface area (Å²) in [6, 6.07) is 0. The molecule has 0 aromatic rings. The molecule has 5 heteroatoms. The van der Waals surface area contributed by atoms with Gasteiger partial charge < -0.3 is 16.4 Å². The molecule has 0 spiro atoms. The third kappa shape index (κ3) is 3.75. The number of carbonyl (C=O) groups is 2. The molecular formula is C9H15N3O2. The predicted octanol–water partition coefficient (Wildman–Crippen LogP) is -0.651. The van der Waals surface area contributed by atoms with E-state index in [9.17, 15) is 9.59 Å². The molecule has 0 aromatic carbocycles. The Labute approximate surface area is 83.0 Å². The van der Waals surface area contributed by atoms with Crippen LogP contribution >= 0.6 is 0 Å². The molecule has 0 heterocycles. The fraction of sp³-hybridized carbons (Fsp3) is 0.333. The van der Waals surface area contributed by atoms with Gasteiger partial charge in [0, 0.05) is 19.7 Å². The molecule has 0 aliphatic heterocycles. The van der Waals surface area contributed by atoms with Crippen molar-refractivity contribution < 1.29 is 9.59 Å². The van der Waals surface area contributed by atoms with E-state index in [1.54, 1.807) is 21.0 Å². The van der Waals surface area contributed by atoms with Crippen LogP contribution in [0.3, 0.4) is 0 Å². The van der Waals surface area contributed by atoms with Crippen molar-refractivity contribution in [3.8, 4) is 0 Å². The molecule has 0 fully saturated rings. The number of nitrogens with two attached hydrogens (primary N) is 2. The van der Waals surface area contributed by atoms with Crippen LogP contribution in [0.1, 0.15) is 6.92 Å². The highest BCUT2D eigenvalue weighted by Gasteiger charge is 2.05. The number of rotatable bonds is 3. The van der Waals surface area contributed by atoms with E-state index in [0.717, 1.165) is 0 Å². The maximum absolute atomic E-state index is 11.2. The number of allylic oxidation sites excluding steroid dienone is 2. The number of hydrogen-bond acceptors (Lipinski definition) is 3. The van der Waals surface area contributed by atoms with E-state index < -0.39 is 5.91 Å². The van der Waals surface area contributed by atoms with E-state index in [1.165, 1.54) is 17.1 Å². The van der Waals surface area contributed by atoms with Crippen molar-refractivity contribution in [3.63, 3.8) is 0 Å². The van der Waals surface area contributed by atoms with Gasteiger partial charge in [-0.2, -0.15) is 0 Å². The van der Waals surface area contributed by atoms with Crippen LogP contribution in [0.5, 0.6) is 0 Å². The minimum Gasteiger partial charge on any atom is -0.394 e. The normalized spacial score (nSPS) is 12.5. The Balaban J connectivity index is 4.62. The van der Waals surface area contributed by atoms with Crippen molar-refractivity contribution in [3.05, 3.63) is 23.4 Å². The Morgan fingerprint density at radius 3 is 2.00 bits per heavy atom. The summed E-state index contributed by atoms with van der Waals surface area (Å²) in [6.07, 6.45) is 2.78. The minimum atomic E-state index is -0.536. The van der Waals surface area contributed by atoms with Crippen molar-refractivity contribution in [2.75, 3.05) is 14.1 Å². The first-order valence-electron chi connectivity index (χ1n) is 4.01. The molecule has 0 saturated heterocycles. The second kappa shape index (κ2) is 5.06. The number of hydrogen-bond donors (Lipinski definition) is 2. The highest BCUT2D eigenvalue weighted by molar-refractivity contribution is 5.94. The Bertz CT molecular complexity index is 303. The molecule has 5 nitrogen and oxygen atoms in total. The number of amides is 2. The van der Waals surface area contributed by atoms with Gasteiger partial charge in [0.1, 0.15) is 0 Å². The molecule has 0 aliphatic carbocycles. The molecule has 0 radical (unpaired) electrons. The SMILES string of the molecule is C/C(=C\C=C(/N)C(=O)N(C)C)C(N)=O. The van der Waals surface area contributed by atoms with E-state index in [0.29, 0.717) is 5.57 Å². The van der Waals surface area contributed by atoms with Crippen molar-refractivity contribution in [2.24, 2.45) is 11.5 Å². The van der Waals surface area contributed by atoms with E-state index in [1.807, 2.05) is 0 Å². The summed E-state index contributed by atoms with van der Waals surface area (Å²) < 4.78 is 0. The highest BCUT2D eigenvalue weighted by atomic mass is 16.2. The van der Waals surface area contributed by atoms with Gasteiger partial charge in [-0.1, -0.05) is 6.08 Å². The molecule has 0 aliphatic rings. The molecule has 78 valence electrons. The molecule has 0 bridgehead atoms. The van der Waals surface area contributed by atoms with Gasteiger partial charge in [-0.05, 0) is 13.0 Å². The van der Waals surface area contributed by atoms with Crippen LogP contribution in [0.2, 0.25) is 0 Å². The lowest BCUT2D eigenvalue weighted by molar-refractivity contribution is -0.124. The number of nitrogens with zero attached hydrogens (tertiary/aromatic N) is 1. The lowest BCUT2D eigenvalue weighted by Gasteiger charge is -2.09. The molecule has 0 rings (SSSR count). The minimum absolute atomic E-state index is 0.0654. The van der Waals surface area contributed by atoms with Crippen LogP contribution in [0.4, 0.5) is 0 Å². The maximum atomic E-state index is 11.2. The fourth-order valence-corrected chi connectivity index (χ4v) is 0.626. The van der Waals surface area contributed by atoms with Gasteiger partial charge >= 0.3 is 0 Å². The maximum Gasteiger partial charge on any atom is 0.269 e. The van der Waals surface area contributed by atoms with E-state index in [-0.39, 0.29) is 11.6 Å². The Morgan fingerprint density at radius 2 is 1.64 bits per heavy atom. The molecule has 0 unspecified atom stereocenters. The highest BCUT2D eigenvalue weighted by Crippen LogP contribution is 1.95. The number of primary amides is 1. The summed E-state index contributed by atoms with van der Waals surface area (Å²) in [6.45, 7) is 1.55. The van der Waals surface area contributed by atoms with Gasteiger partial charge in [0.05, 0.1) is 5.70 Å². The summed E-state index contributed by atoms with van der Waals surface area (Å²) in [4.78, 5) is 23.2. The lowest BCUT2D eigenvalue weighted by atomic mass is 10.2. The first kappa shape index (κ1) is 12.2. The molecular weight excluding hydrogens is 182 g/mol. The molecule has 0 saturated carbocycles. The predicted molar refractivity (Wildman–Crippen MR) is 53.9 cm³/mol. The van der Waals surface area contributed by atoms with E-state index in [2.05, 4.69) is 0 Å². The first-order chi connectivity index (χ1) is 6.36. The van der Waals surface area contributed by atoms with Gasteiger partial charge in [0.15, 0.2) is 0 Å². The van der Waals surface area contributed by atoms with Gasteiger partial charge in [-0.25, -0.2) is 0 Å². The quantitative estimate of drug-likeness (QED) is 0.465. The molecule has 0 atom stereocenters. The van der Waals surface area contributed by atoms with Crippen molar-refractivity contribution in [2.45, 2.75) is 6.92 Å². The zero-order valence-corrected chi connectivity index (χ0v) is 8.57. The third-order valence-corrected chi connectivity index (χ3v) is 1.55. The average molecular weight is 197 g/mol. The van der Waals surface area contributed by atoms with Gasteiger partial charge in [-0.15, -0.1) is 0 Å². The number of carbonyl (C=O) groups excluding carboxylic acids is 2. The second-order valence-corrected chi connectivity index (χ2v) is 3.04. The smallest absolute Gasteiger partial charge is 0.269 e. The van der Waals surface area contributed by atoms with Crippen molar-refractivity contribution in [1.82, 2.24) is 4.90 Å². The first-order valence-corrected chi connectivity index (χ1v) is 4.01. The standard InChI is InChI=1S/C9H15N3O2/c1-6(8(11)13)4-5-7(10)9(14)12(2)3/h4-5H,10H2,1-3H3,(H2,11,13)/b6-4+,7-5-. The molecule has 2 amide bonds. The van der Waals surface area contributed by atoms with Crippen LogP contribution in [0.25, 0.3) is 0 Å². The topological polar surface area (TPSA) is 89.4 Å². The van der Waals surface area contributed by atoms with Gasteiger partial charge in [0.2, 0.25) is 5.91 Å². The van der Waals surface area contributed by atoms with Gasteiger partial charge in [0.25, 0.3) is 5.91 Å². The van der Waals surface area contributed by atoms with E-state index >= 15 is 0 Å². The van der Waals surface area contributed by atoms with Crippen molar-refractivity contribution in [1.29, 1.82) is 0 Å². The van der Waals surface area contributed by atoms with Crippen LogP contribution < -0.4 is 11.5 Å². The molecule has 4 N–H and O–H groups in total. The second-order valence-electron chi connectivity index (χ2n) is 3.04. The summed E-state index contributed by atoms with van der Waals surface area (Å²) in [5.74, 6) is -0.843. The zero-order valence-electron chi connectivity index (χ0n) is 8.57. The monoisotopic (exact) mass is 197 g/mol. The summed E-state index contributed by atoms with van der Waals surface area (Å²) in [5, 5.41) is 0. The Kier molecular flexibility index (Phi) is 4.42. The third-order valence-electron chi connectivity index (χ3n) is 1.55. The Morgan fingerprint density at radius 1 is 1.14 bits per heavy atom. The molecule has 0 aromatic heterocycles. The van der Waals surface area contributed by atoms with Crippen LogP contribution in [-0.4, -0.2) is 30.8 Å². The summed E-state index contributed by atoms with van der Waals surface area (Å²) in [5.41, 5.74) is 10.8. The van der Waals surface area contributed by atoms with Crippen molar-refractivity contribution >= 4 is 11.8 Å². The summed E-state index contributed by atoms with van der Waals surface area (Å²) >= 11 is 0. The molecule has 14 heavy (non-hydrogen) atoms. The van der Waals surface area contributed by atoms with Crippen LogP contribution in [-0.2, 0) is 9.59 Å². The number of likely N-dealkylation sites (N-methyl/N-ethyl adjacent to an activating group) is 1. The van der Waals surface area contributed by atoms with Gasteiger partial charge in [-0.3, -0.25) is 9.59 Å². The largest absolute Gasteiger partial charge is 0.394 e. The van der Waals surface area contributed by atoms with Crippen LogP contribution in [0, 0.1) is 0 Å². The fourth-order valence-electron chi connectivity index (χ4n) is 0.626. The average Bonchev–Trinajstić information content (AvgIpc) is 2.11. The zero-order chi connectivity index (χ0) is 11.3. The van der Waals surface area contributed by atoms with Crippen LogP contribution in [0.15, 0.2) is 23.4 Å². The summed E-state index contributed by atoms with van der Waals surface area (Å²) in [7, 11) is 3.18. The van der Waals surface area contributed by atoms with E-state index in [4.69, 9.17) is 11.5 Å².